The van der Waals surface area contributed by atoms with Gasteiger partial charge in [-0.15, -0.1) is 0 Å². The molecular formula is C18H26N2O4. The van der Waals surface area contributed by atoms with Crippen LogP contribution in [0.3, 0.4) is 0 Å². The first-order valence-corrected chi connectivity index (χ1v) is 8.50. The van der Waals surface area contributed by atoms with Crippen LogP contribution >= 0.6 is 0 Å². The minimum absolute atomic E-state index is 0.0293. The van der Waals surface area contributed by atoms with Gasteiger partial charge in [-0.25, -0.2) is 4.79 Å². The van der Waals surface area contributed by atoms with Gasteiger partial charge in [0, 0.05) is 25.2 Å². The Morgan fingerprint density at radius 1 is 1.25 bits per heavy atom. The number of carbonyl (C=O) groups excluding carboxylic acids is 2. The summed E-state index contributed by atoms with van der Waals surface area (Å²) >= 11 is 0. The van der Waals surface area contributed by atoms with Crippen molar-refractivity contribution in [3.8, 4) is 0 Å². The van der Waals surface area contributed by atoms with Crippen molar-refractivity contribution in [2.45, 2.75) is 32.6 Å². The smallest absolute Gasteiger partial charge is 0.340 e. The van der Waals surface area contributed by atoms with E-state index >= 15 is 0 Å². The van der Waals surface area contributed by atoms with Gasteiger partial charge in [0.2, 0.25) is 5.91 Å². The number of anilines is 2. The predicted octanol–water partition coefficient (Wildman–Crippen LogP) is 2.83. The number of rotatable bonds is 7. The molecule has 0 atom stereocenters. The van der Waals surface area contributed by atoms with E-state index in [0.717, 1.165) is 38.0 Å². The highest BCUT2D eigenvalue weighted by molar-refractivity contribution is 5.99. The lowest BCUT2D eigenvalue weighted by Crippen LogP contribution is -2.37. The van der Waals surface area contributed by atoms with Crippen molar-refractivity contribution < 1.29 is 19.1 Å². The van der Waals surface area contributed by atoms with Crippen molar-refractivity contribution in [2.24, 2.45) is 0 Å². The molecule has 1 saturated heterocycles. The van der Waals surface area contributed by atoms with Crippen LogP contribution in [-0.2, 0) is 14.3 Å². The molecule has 1 fully saturated rings. The largest absolute Gasteiger partial charge is 0.465 e. The van der Waals surface area contributed by atoms with Crippen molar-refractivity contribution in [1.29, 1.82) is 0 Å². The number of unbranched alkanes of at least 4 members (excludes halogenated alkanes) is 2. The molecule has 0 bridgehead atoms. The van der Waals surface area contributed by atoms with Crippen LogP contribution in [0.5, 0.6) is 0 Å². The molecule has 1 amide bonds. The Balaban J connectivity index is 2.13. The second kappa shape index (κ2) is 9.27. The van der Waals surface area contributed by atoms with E-state index in [1.807, 2.05) is 12.1 Å². The average molecular weight is 334 g/mol. The maximum Gasteiger partial charge on any atom is 0.340 e. The quantitative estimate of drug-likeness (QED) is 0.613. The van der Waals surface area contributed by atoms with E-state index in [1.165, 1.54) is 7.11 Å². The molecule has 0 unspecified atom stereocenters. The lowest BCUT2D eigenvalue weighted by atomic mass is 10.1. The van der Waals surface area contributed by atoms with Crippen molar-refractivity contribution >= 4 is 23.3 Å². The number of hydrogen-bond donors (Lipinski definition) is 1. The predicted molar refractivity (Wildman–Crippen MR) is 93.6 cm³/mol. The molecule has 0 saturated carbocycles. The fourth-order valence-electron chi connectivity index (χ4n) is 2.73. The van der Waals surface area contributed by atoms with Crippen LogP contribution in [0.2, 0.25) is 0 Å². The molecule has 0 aromatic heterocycles. The van der Waals surface area contributed by atoms with E-state index < -0.39 is 5.97 Å². The van der Waals surface area contributed by atoms with E-state index in [1.54, 1.807) is 6.07 Å². The summed E-state index contributed by atoms with van der Waals surface area (Å²) in [5.74, 6) is -0.433. The van der Waals surface area contributed by atoms with Crippen molar-refractivity contribution in [2.75, 3.05) is 43.6 Å². The summed E-state index contributed by atoms with van der Waals surface area (Å²) in [6.45, 7) is 4.83. The number of benzene rings is 1. The summed E-state index contributed by atoms with van der Waals surface area (Å²) in [7, 11) is 1.36. The molecule has 1 aliphatic heterocycles. The number of nitrogens with zero attached hydrogens (tertiary/aromatic N) is 1. The first-order valence-electron chi connectivity index (χ1n) is 8.50. The van der Waals surface area contributed by atoms with Crippen molar-refractivity contribution in [1.82, 2.24) is 0 Å². The van der Waals surface area contributed by atoms with Crippen LogP contribution in [0, 0.1) is 0 Å². The number of ether oxygens (including phenoxy) is 2. The van der Waals surface area contributed by atoms with Gasteiger partial charge in [-0.3, -0.25) is 4.79 Å². The second-order valence-corrected chi connectivity index (χ2v) is 5.83. The number of morpholine rings is 1. The molecule has 24 heavy (non-hydrogen) atoms. The van der Waals surface area contributed by atoms with E-state index in [0.29, 0.717) is 30.9 Å². The van der Waals surface area contributed by atoms with E-state index in [-0.39, 0.29) is 5.91 Å². The molecule has 1 aliphatic rings. The Labute approximate surface area is 143 Å². The Kier molecular flexibility index (Phi) is 7.06. The highest BCUT2D eigenvalue weighted by Crippen LogP contribution is 2.26. The molecule has 1 N–H and O–H groups in total. The topological polar surface area (TPSA) is 67.9 Å². The lowest BCUT2D eigenvalue weighted by Gasteiger charge is -2.30. The van der Waals surface area contributed by atoms with Crippen LogP contribution in [0.1, 0.15) is 43.0 Å². The van der Waals surface area contributed by atoms with Gasteiger partial charge in [-0.2, -0.15) is 0 Å². The number of methoxy groups -OCH3 is 1. The summed E-state index contributed by atoms with van der Waals surface area (Å²) in [4.78, 5) is 26.2. The average Bonchev–Trinajstić information content (AvgIpc) is 2.62. The molecule has 1 aromatic carbocycles. The summed E-state index contributed by atoms with van der Waals surface area (Å²) in [6.07, 6.45) is 3.48. The number of nitrogens with one attached hydrogen (secondary N) is 1. The number of carbonyl (C=O) groups is 2. The highest BCUT2D eigenvalue weighted by Gasteiger charge is 2.20. The molecule has 132 valence electrons. The summed E-state index contributed by atoms with van der Waals surface area (Å²) in [5.41, 5.74) is 1.90. The Bertz CT molecular complexity index is 568. The van der Waals surface area contributed by atoms with Crippen LogP contribution in [0.15, 0.2) is 18.2 Å². The fourth-order valence-corrected chi connectivity index (χ4v) is 2.73. The maximum atomic E-state index is 12.1. The van der Waals surface area contributed by atoms with Gasteiger partial charge in [0.1, 0.15) is 0 Å². The number of amides is 1. The summed E-state index contributed by atoms with van der Waals surface area (Å²) < 4.78 is 10.3. The first-order chi connectivity index (χ1) is 11.7. The standard InChI is InChI=1S/C18H26N2O4/c1-3-4-5-6-17(21)19-14-7-8-16(15(13-14)18(22)23-2)20-9-11-24-12-10-20/h7-8,13H,3-6,9-12H2,1-2H3,(H,19,21). The molecule has 0 aliphatic carbocycles. The zero-order chi connectivity index (χ0) is 17.4. The molecule has 1 heterocycles. The molecule has 0 spiro atoms. The van der Waals surface area contributed by atoms with Gasteiger partial charge in [0.05, 0.1) is 31.6 Å². The van der Waals surface area contributed by atoms with Crippen molar-refractivity contribution in [3.05, 3.63) is 23.8 Å². The molecular weight excluding hydrogens is 308 g/mol. The fraction of sp³-hybridized carbons (Fsp3) is 0.556. The molecule has 0 radical (unpaired) electrons. The zero-order valence-electron chi connectivity index (χ0n) is 14.5. The first kappa shape index (κ1) is 18.3. The van der Waals surface area contributed by atoms with Crippen molar-refractivity contribution in [3.63, 3.8) is 0 Å². The van der Waals surface area contributed by atoms with Crippen LogP contribution in [0.4, 0.5) is 11.4 Å². The van der Waals surface area contributed by atoms with E-state index in [4.69, 9.17) is 9.47 Å². The van der Waals surface area contributed by atoms with E-state index in [2.05, 4.69) is 17.1 Å². The Hall–Kier alpha value is -2.08. The zero-order valence-corrected chi connectivity index (χ0v) is 14.5. The van der Waals surface area contributed by atoms with Crippen LogP contribution < -0.4 is 10.2 Å². The van der Waals surface area contributed by atoms with Gasteiger partial charge >= 0.3 is 5.97 Å². The minimum atomic E-state index is -0.404. The van der Waals surface area contributed by atoms with E-state index in [9.17, 15) is 9.59 Å². The second-order valence-electron chi connectivity index (χ2n) is 5.83. The van der Waals surface area contributed by atoms with Gasteiger partial charge in [-0.1, -0.05) is 19.8 Å². The third kappa shape index (κ3) is 4.96. The third-order valence-electron chi connectivity index (χ3n) is 4.04. The minimum Gasteiger partial charge on any atom is -0.465 e. The molecule has 6 nitrogen and oxygen atoms in total. The maximum absolute atomic E-state index is 12.1. The molecule has 6 heteroatoms. The number of esters is 1. The normalized spacial score (nSPS) is 14.3. The van der Waals surface area contributed by atoms with Gasteiger partial charge in [0.25, 0.3) is 0 Å². The van der Waals surface area contributed by atoms with Crippen LogP contribution in [-0.4, -0.2) is 45.3 Å². The Morgan fingerprint density at radius 3 is 2.67 bits per heavy atom. The summed E-state index contributed by atoms with van der Waals surface area (Å²) in [6, 6.07) is 5.38. The number of hydrogen-bond acceptors (Lipinski definition) is 5. The van der Waals surface area contributed by atoms with Crippen LogP contribution in [0.25, 0.3) is 0 Å². The summed E-state index contributed by atoms with van der Waals surface area (Å²) in [5, 5.41) is 2.86. The molecule has 2 rings (SSSR count). The van der Waals surface area contributed by atoms with Gasteiger partial charge in [-0.05, 0) is 24.6 Å². The highest BCUT2D eigenvalue weighted by atomic mass is 16.5. The van der Waals surface area contributed by atoms with Gasteiger partial charge in [0.15, 0.2) is 0 Å². The SMILES string of the molecule is CCCCCC(=O)Nc1ccc(N2CCOCC2)c(C(=O)OC)c1. The monoisotopic (exact) mass is 334 g/mol. The lowest BCUT2D eigenvalue weighted by molar-refractivity contribution is -0.116. The van der Waals surface area contributed by atoms with Gasteiger partial charge < -0.3 is 19.7 Å². The third-order valence-corrected chi connectivity index (χ3v) is 4.04. The Morgan fingerprint density at radius 2 is 2.00 bits per heavy atom. The molecule has 1 aromatic rings.